The molecule has 1 N–H and O–H groups in total. The molecule has 0 unspecified atom stereocenters. The third kappa shape index (κ3) is 3.53. The van der Waals surface area contributed by atoms with Crippen molar-refractivity contribution < 1.29 is 9.53 Å². The third-order valence-electron chi connectivity index (χ3n) is 5.09. The zero-order chi connectivity index (χ0) is 17.9. The lowest BCUT2D eigenvalue weighted by Crippen LogP contribution is -2.48. The van der Waals surface area contributed by atoms with Crippen LogP contribution in [0, 0.1) is 6.92 Å². The van der Waals surface area contributed by atoms with E-state index in [4.69, 9.17) is 4.74 Å². The number of fused-ring (bicyclic) bond motifs is 1. The predicted octanol–water partition coefficient (Wildman–Crippen LogP) is 1.62. The number of carbonyl (C=O) groups is 1. The van der Waals surface area contributed by atoms with Gasteiger partial charge >= 0.3 is 0 Å². The largest absolute Gasteiger partial charge is 0.363 e. The Morgan fingerprint density at radius 3 is 2.92 bits per heavy atom. The highest BCUT2D eigenvalue weighted by atomic mass is 16.5. The smallest absolute Gasteiger partial charge is 0.249 e. The SMILES string of the molecule is Cc1ccc(N2CC[C@@H]3O[C@@H](C(=O)NCc4ccccn4)CC[C@@H]32)nn1. The molecule has 1 amide bonds. The zero-order valence-electron chi connectivity index (χ0n) is 14.8. The van der Waals surface area contributed by atoms with Crippen LogP contribution >= 0.6 is 0 Å². The molecule has 0 bridgehead atoms. The van der Waals surface area contributed by atoms with Crippen LogP contribution in [0.5, 0.6) is 0 Å². The fourth-order valence-electron chi connectivity index (χ4n) is 3.74. The molecule has 2 aromatic rings. The van der Waals surface area contributed by atoms with E-state index in [0.717, 1.165) is 36.6 Å². The van der Waals surface area contributed by atoms with Crippen molar-refractivity contribution >= 4 is 11.7 Å². The van der Waals surface area contributed by atoms with Gasteiger partial charge < -0.3 is 15.0 Å². The van der Waals surface area contributed by atoms with Crippen LogP contribution in [0.3, 0.4) is 0 Å². The number of anilines is 1. The first kappa shape index (κ1) is 16.9. The molecule has 0 spiro atoms. The summed E-state index contributed by atoms with van der Waals surface area (Å²) in [6.07, 6.45) is 3.95. The van der Waals surface area contributed by atoms with E-state index in [9.17, 15) is 4.79 Å². The topological polar surface area (TPSA) is 80.2 Å². The first-order chi connectivity index (χ1) is 12.7. The third-order valence-corrected chi connectivity index (χ3v) is 5.09. The van der Waals surface area contributed by atoms with Gasteiger partial charge in [-0.2, -0.15) is 5.10 Å². The van der Waals surface area contributed by atoms with Crippen LogP contribution in [-0.2, 0) is 16.1 Å². The second-order valence-electron chi connectivity index (χ2n) is 6.86. The molecule has 2 fully saturated rings. The van der Waals surface area contributed by atoms with Crippen LogP contribution in [0.25, 0.3) is 0 Å². The molecule has 26 heavy (non-hydrogen) atoms. The van der Waals surface area contributed by atoms with Crippen molar-refractivity contribution in [2.24, 2.45) is 0 Å². The van der Waals surface area contributed by atoms with Gasteiger partial charge in [0.15, 0.2) is 5.82 Å². The molecule has 0 saturated carbocycles. The van der Waals surface area contributed by atoms with Crippen LogP contribution in [0.1, 0.15) is 30.7 Å². The molecule has 7 heteroatoms. The molecule has 7 nitrogen and oxygen atoms in total. The molecular weight excluding hydrogens is 330 g/mol. The lowest BCUT2D eigenvalue weighted by Gasteiger charge is -2.35. The maximum absolute atomic E-state index is 12.4. The van der Waals surface area contributed by atoms with Crippen molar-refractivity contribution in [1.29, 1.82) is 0 Å². The molecule has 2 aliphatic heterocycles. The minimum atomic E-state index is -0.385. The fraction of sp³-hybridized carbons (Fsp3) is 0.474. The summed E-state index contributed by atoms with van der Waals surface area (Å²) in [6.45, 7) is 3.25. The Balaban J connectivity index is 1.34. The molecule has 2 aliphatic rings. The highest BCUT2D eigenvalue weighted by molar-refractivity contribution is 5.80. The second kappa shape index (κ2) is 7.37. The van der Waals surface area contributed by atoms with Gasteiger partial charge in [0.1, 0.15) is 6.10 Å². The molecule has 0 radical (unpaired) electrons. The summed E-state index contributed by atoms with van der Waals surface area (Å²) >= 11 is 0. The van der Waals surface area contributed by atoms with Crippen LogP contribution < -0.4 is 10.2 Å². The van der Waals surface area contributed by atoms with Crippen LogP contribution in [0.4, 0.5) is 5.82 Å². The number of rotatable bonds is 4. The Morgan fingerprint density at radius 1 is 1.23 bits per heavy atom. The van der Waals surface area contributed by atoms with Crippen molar-refractivity contribution in [3.05, 3.63) is 47.9 Å². The molecule has 4 heterocycles. The zero-order valence-corrected chi connectivity index (χ0v) is 14.8. The number of nitrogens with one attached hydrogen (secondary N) is 1. The molecule has 0 aromatic carbocycles. The monoisotopic (exact) mass is 353 g/mol. The number of aromatic nitrogens is 3. The first-order valence-corrected chi connectivity index (χ1v) is 9.11. The maximum atomic E-state index is 12.4. The Kier molecular flexibility index (Phi) is 4.79. The summed E-state index contributed by atoms with van der Waals surface area (Å²) in [5, 5.41) is 11.4. The van der Waals surface area contributed by atoms with Crippen molar-refractivity contribution in [2.45, 2.75) is 51.0 Å². The summed E-state index contributed by atoms with van der Waals surface area (Å²) in [5.41, 5.74) is 1.76. The highest BCUT2D eigenvalue weighted by Crippen LogP contribution is 2.33. The van der Waals surface area contributed by atoms with Crippen LogP contribution in [0.15, 0.2) is 36.5 Å². The molecule has 4 rings (SSSR count). The van der Waals surface area contributed by atoms with E-state index in [1.807, 2.05) is 37.3 Å². The summed E-state index contributed by atoms with van der Waals surface area (Å²) in [4.78, 5) is 18.9. The van der Waals surface area contributed by atoms with Gasteiger partial charge in [-0.1, -0.05) is 6.07 Å². The number of carbonyl (C=O) groups excluding carboxylic acids is 1. The highest BCUT2D eigenvalue weighted by Gasteiger charge is 2.42. The van der Waals surface area contributed by atoms with E-state index in [0.29, 0.717) is 13.0 Å². The average molecular weight is 353 g/mol. The van der Waals surface area contributed by atoms with E-state index in [1.54, 1.807) is 6.20 Å². The number of aryl methyl sites for hydroxylation is 1. The number of ether oxygens (including phenoxy) is 1. The summed E-state index contributed by atoms with van der Waals surface area (Å²) in [7, 11) is 0. The summed E-state index contributed by atoms with van der Waals surface area (Å²) < 4.78 is 6.11. The number of nitrogens with zero attached hydrogens (tertiary/aromatic N) is 4. The van der Waals surface area contributed by atoms with Gasteiger partial charge in [0, 0.05) is 12.7 Å². The van der Waals surface area contributed by atoms with Crippen LogP contribution in [0.2, 0.25) is 0 Å². The summed E-state index contributed by atoms with van der Waals surface area (Å²) in [5.74, 6) is 0.840. The Bertz CT molecular complexity index is 752. The molecule has 3 atom stereocenters. The molecule has 2 aromatic heterocycles. The summed E-state index contributed by atoms with van der Waals surface area (Å²) in [6, 6.07) is 9.93. The standard InChI is InChI=1S/C19H23N5O2/c1-13-5-8-18(23-22-13)24-11-9-16-15(24)6-7-17(26-16)19(25)21-12-14-4-2-3-10-20-14/h2-5,8,10,15-17H,6-7,9,11-12H2,1H3,(H,21,25)/t15-,16-,17+/m0/s1. The molecule has 2 saturated heterocycles. The van der Waals surface area contributed by atoms with Gasteiger partial charge in [-0.15, -0.1) is 5.10 Å². The van der Waals surface area contributed by atoms with Crippen molar-refractivity contribution in [3.63, 3.8) is 0 Å². The van der Waals surface area contributed by atoms with Gasteiger partial charge in [-0.25, -0.2) is 0 Å². The van der Waals surface area contributed by atoms with Gasteiger partial charge in [0.2, 0.25) is 5.91 Å². The number of pyridine rings is 1. The minimum absolute atomic E-state index is 0.0531. The van der Waals surface area contributed by atoms with Crippen molar-refractivity contribution in [3.8, 4) is 0 Å². The van der Waals surface area contributed by atoms with Gasteiger partial charge in [-0.3, -0.25) is 9.78 Å². The minimum Gasteiger partial charge on any atom is -0.363 e. The van der Waals surface area contributed by atoms with Gasteiger partial charge in [0.25, 0.3) is 0 Å². The number of hydrogen-bond donors (Lipinski definition) is 1. The maximum Gasteiger partial charge on any atom is 0.249 e. The van der Waals surface area contributed by atoms with E-state index in [-0.39, 0.29) is 24.2 Å². The van der Waals surface area contributed by atoms with Gasteiger partial charge in [-0.05, 0) is 50.5 Å². The van der Waals surface area contributed by atoms with Gasteiger partial charge in [0.05, 0.1) is 30.1 Å². The second-order valence-corrected chi connectivity index (χ2v) is 6.86. The lowest BCUT2D eigenvalue weighted by atomic mass is 9.98. The average Bonchev–Trinajstić information content (AvgIpc) is 3.11. The van der Waals surface area contributed by atoms with E-state index < -0.39 is 0 Å². The fourth-order valence-corrected chi connectivity index (χ4v) is 3.74. The number of amides is 1. The normalized spacial score (nSPS) is 25.0. The predicted molar refractivity (Wildman–Crippen MR) is 96.5 cm³/mol. The molecular formula is C19H23N5O2. The van der Waals surface area contributed by atoms with E-state index >= 15 is 0 Å². The Hall–Kier alpha value is -2.54. The molecule has 0 aliphatic carbocycles. The van der Waals surface area contributed by atoms with E-state index in [1.165, 1.54) is 0 Å². The van der Waals surface area contributed by atoms with Crippen molar-refractivity contribution in [2.75, 3.05) is 11.4 Å². The Morgan fingerprint density at radius 2 is 2.15 bits per heavy atom. The van der Waals surface area contributed by atoms with Crippen LogP contribution in [-0.4, -0.2) is 45.9 Å². The number of hydrogen-bond acceptors (Lipinski definition) is 6. The quantitative estimate of drug-likeness (QED) is 0.900. The first-order valence-electron chi connectivity index (χ1n) is 9.11. The lowest BCUT2D eigenvalue weighted by molar-refractivity contribution is -0.141. The van der Waals surface area contributed by atoms with Crippen molar-refractivity contribution in [1.82, 2.24) is 20.5 Å². The van der Waals surface area contributed by atoms with E-state index in [2.05, 4.69) is 25.4 Å². The molecule has 136 valence electrons. The Labute approximate surface area is 152 Å².